The van der Waals surface area contributed by atoms with E-state index in [1.807, 2.05) is 79.7 Å². The maximum absolute atomic E-state index is 13.1. The number of nitrogens with one attached hydrogen (secondary N) is 1. The van der Waals surface area contributed by atoms with Gasteiger partial charge in [-0.3, -0.25) is 0 Å². The predicted octanol–water partition coefficient (Wildman–Crippen LogP) is 6.19. The zero-order valence-corrected chi connectivity index (χ0v) is 19.0. The van der Waals surface area contributed by atoms with Crippen LogP contribution in [-0.4, -0.2) is 24.3 Å². The van der Waals surface area contributed by atoms with Crippen LogP contribution in [0.4, 0.5) is 5.69 Å². The van der Waals surface area contributed by atoms with Crippen molar-refractivity contribution in [1.82, 2.24) is 4.57 Å². The maximum atomic E-state index is 13.1. The number of rotatable bonds is 7. The van der Waals surface area contributed by atoms with Crippen molar-refractivity contribution >= 4 is 38.5 Å². The first kappa shape index (κ1) is 21.0. The minimum absolute atomic E-state index is 0.302. The molecule has 4 rings (SSSR count). The number of methoxy groups -OCH3 is 1. The second kappa shape index (κ2) is 9.27. The van der Waals surface area contributed by atoms with Crippen molar-refractivity contribution in [2.75, 3.05) is 19.0 Å². The molecule has 0 radical (unpaired) electrons. The van der Waals surface area contributed by atoms with Crippen LogP contribution >= 0.6 is 15.9 Å². The Bertz CT molecular complexity index is 1200. The molecule has 0 bridgehead atoms. The summed E-state index contributed by atoms with van der Waals surface area (Å²) in [5, 5.41) is 4.23. The summed E-state index contributed by atoms with van der Waals surface area (Å²) in [4.78, 5) is 13.1. The van der Waals surface area contributed by atoms with Crippen LogP contribution in [0.3, 0.4) is 0 Å². The lowest BCUT2D eigenvalue weighted by Crippen LogP contribution is -2.13. The summed E-state index contributed by atoms with van der Waals surface area (Å²) in [5.41, 5.74) is 4.19. The average Bonchev–Trinajstić information content (AvgIpc) is 3.11. The number of nitrogens with zero attached hydrogens (tertiary/aromatic N) is 1. The standard InChI is InChI=1S/C25H23BrN2O3/c1-3-31-25(29)24-19-14-23(30-2)20(26)15-21(19)28(18-12-8-5-9-13-18)22(24)16-27-17-10-6-4-7-11-17/h4-15,27H,3,16H2,1-2H3. The number of fused-ring (bicyclic) bond motifs is 1. The molecule has 0 fully saturated rings. The Hall–Kier alpha value is -3.25. The molecule has 0 aliphatic heterocycles. The van der Waals surface area contributed by atoms with Crippen molar-refractivity contribution in [2.45, 2.75) is 13.5 Å². The fraction of sp³-hybridized carbons (Fsp3) is 0.160. The molecular formula is C25H23BrN2O3. The number of carbonyl (C=O) groups is 1. The number of para-hydroxylation sites is 2. The van der Waals surface area contributed by atoms with Crippen LogP contribution in [0.5, 0.6) is 5.75 Å². The van der Waals surface area contributed by atoms with Crippen LogP contribution in [0, 0.1) is 0 Å². The van der Waals surface area contributed by atoms with E-state index >= 15 is 0 Å². The largest absolute Gasteiger partial charge is 0.496 e. The Morgan fingerprint density at radius 2 is 1.71 bits per heavy atom. The number of aromatic nitrogens is 1. The van der Waals surface area contributed by atoms with Crippen LogP contribution in [0.15, 0.2) is 77.3 Å². The molecule has 3 aromatic carbocycles. The molecule has 1 N–H and O–H groups in total. The highest BCUT2D eigenvalue weighted by molar-refractivity contribution is 9.10. The van der Waals surface area contributed by atoms with Crippen molar-refractivity contribution < 1.29 is 14.3 Å². The summed E-state index contributed by atoms with van der Waals surface area (Å²) in [5.74, 6) is 0.308. The number of carbonyl (C=O) groups excluding carboxylic acids is 1. The Morgan fingerprint density at radius 1 is 1.03 bits per heavy atom. The lowest BCUT2D eigenvalue weighted by molar-refractivity contribution is 0.0527. The lowest BCUT2D eigenvalue weighted by Gasteiger charge is -2.14. The molecule has 0 spiro atoms. The van der Waals surface area contributed by atoms with E-state index in [1.54, 1.807) is 7.11 Å². The third kappa shape index (κ3) is 4.16. The van der Waals surface area contributed by atoms with Crippen molar-refractivity contribution in [2.24, 2.45) is 0 Å². The maximum Gasteiger partial charge on any atom is 0.340 e. The second-order valence-corrected chi connectivity index (χ2v) is 7.79. The molecule has 31 heavy (non-hydrogen) atoms. The van der Waals surface area contributed by atoms with Gasteiger partial charge in [0.2, 0.25) is 0 Å². The minimum Gasteiger partial charge on any atom is -0.496 e. The van der Waals surface area contributed by atoms with Gasteiger partial charge in [0.15, 0.2) is 0 Å². The van der Waals surface area contributed by atoms with Gasteiger partial charge >= 0.3 is 5.97 Å². The molecule has 0 saturated carbocycles. The molecular weight excluding hydrogens is 456 g/mol. The second-order valence-electron chi connectivity index (χ2n) is 6.94. The fourth-order valence-corrected chi connectivity index (χ4v) is 4.20. The van der Waals surface area contributed by atoms with E-state index in [9.17, 15) is 4.79 Å². The van der Waals surface area contributed by atoms with Gasteiger partial charge in [0.25, 0.3) is 0 Å². The van der Waals surface area contributed by atoms with E-state index < -0.39 is 0 Å². The normalized spacial score (nSPS) is 10.8. The van der Waals surface area contributed by atoms with Gasteiger partial charge in [-0.05, 0) is 59.3 Å². The predicted molar refractivity (Wildman–Crippen MR) is 127 cm³/mol. The smallest absolute Gasteiger partial charge is 0.340 e. The molecule has 4 aromatic rings. The number of hydrogen-bond donors (Lipinski definition) is 1. The topological polar surface area (TPSA) is 52.5 Å². The van der Waals surface area contributed by atoms with E-state index in [2.05, 4.69) is 25.8 Å². The highest BCUT2D eigenvalue weighted by Gasteiger charge is 2.25. The molecule has 0 aliphatic rings. The summed E-state index contributed by atoms with van der Waals surface area (Å²) >= 11 is 3.59. The van der Waals surface area contributed by atoms with Gasteiger partial charge in [-0.1, -0.05) is 36.4 Å². The first-order chi connectivity index (χ1) is 15.1. The average molecular weight is 479 g/mol. The molecule has 6 heteroatoms. The monoisotopic (exact) mass is 478 g/mol. The van der Waals surface area contributed by atoms with Crippen molar-refractivity contribution in [3.05, 3.63) is 88.5 Å². The highest BCUT2D eigenvalue weighted by Crippen LogP contribution is 2.37. The van der Waals surface area contributed by atoms with Crippen LogP contribution in [0.25, 0.3) is 16.6 Å². The van der Waals surface area contributed by atoms with Gasteiger partial charge in [0.1, 0.15) is 5.75 Å². The first-order valence-corrected chi connectivity index (χ1v) is 10.9. The van der Waals surface area contributed by atoms with Gasteiger partial charge in [-0.25, -0.2) is 4.79 Å². The van der Waals surface area contributed by atoms with Crippen molar-refractivity contribution in [3.8, 4) is 11.4 Å². The van der Waals surface area contributed by atoms with Gasteiger partial charge < -0.3 is 19.4 Å². The van der Waals surface area contributed by atoms with E-state index in [4.69, 9.17) is 9.47 Å². The lowest BCUT2D eigenvalue weighted by atomic mass is 10.1. The number of halogens is 1. The number of benzene rings is 3. The Labute approximate surface area is 189 Å². The van der Waals surface area contributed by atoms with Gasteiger partial charge in [0, 0.05) is 16.8 Å². The zero-order chi connectivity index (χ0) is 21.8. The molecule has 158 valence electrons. The Kier molecular flexibility index (Phi) is 6.28. The van der Waals surface area contributed by atoms with E-state index in [0.29, 0.717) is 24.5 Å². The van der Waals surface area contributed by atoms with E-state index in [0.717, 1.165) is 32.4 Å². The first-order valence-electron chi connectivity index (χ1n) is 10.1. The Morgan fingerprint density at radius 3 is 2.35 bits per heavy atom. The summed E-state index contributed by atoms with van der Waals surface area (Å²) in [6.07, 6.45) is 0. The molecule has 0 amide bonds. The zero-order valence-electron chi connectivity index (χ0n) is 17.4. The van der Waals surface area contributed by atoms with Crippen LogP contribution in [-0.2, 0) is 11.3 Å². The van der Waals surface area contributed by atoms with Gasteiger partial charge in [-0.2, -0.15) is 0 Å². The summed E-state index contributed by atoms with van der Waals surface area (Å²) in [6, 6.07) is 23.8. The van der Waals surface area contributed by atoms with Gasteiger partial charge in [-0.15, -0.1) is 0 Å². The van der Waals surface area contributed by atoms with E-state index in [1.165, 1.54) is 0 Å². The highest BCUT2D eigenvalue weighted by atomic mass is 79.9. The fourth-order valence-electron chi connectivity index (χ4n) is 3.71. The SMILES string of the molecule is CCOC(=O)c1c(CNc2ccccc2)n(-c2ccccc2)c2cc(Br)c(OC)cc12. The van der Waals surface area contributed by atoms with Crippen LogP contribution in [0.1, 0.15) is 23.0 Å². The Balaban J connectivity index is 1.98. The molecule has 1 heterocycles. The molecule has 0 saturated heterocycles. The summed E-state index contributed by atoms with van der Waals surface area (Å²) in [7, 11) is 1.61. The van der Waals surface area contributed by atoms with Crippen LogP contribution in [0.2, 0.25) is 0 Å². The molecule has 5 nitrogen and oxygen atoms in total. The molecule has 0 aliphatic carbocycles. The molecule has 0 atom stereocenters. The molecule has 0 unspecified atom stereocenters. The minimum atomic E-state index is -0.351. The van der Waals surface area contributed by atoms with Gasteiger partial charge in [0.05, 0.1) is 41.5 Å². The number of ether oxygens (including phenoxy) is 2. The third-order valence-electron chi connectivity index (χ3n) is 5.07. The van der Waals surface area contributed by atoms with Crippen LogP contribution < -0.4 is 10.1 Å². The quantitative estimate of drug-likeness (QED) is 0.321. The summed E-state index contributed by atoms with van der Waals surface area (Å²) in [6.45, 7) is 2.56. The van der Waals surface area contributed by atoms with Crippen molar-refractivity contribution in [1.29, 1.82) is 0 Å². The number of esters is 1. The van der Waals surface area contributed by atoms with Crippen molar-refractivity contribution in [3.63, 3.8) is 0 Å². The molecule has 1 aromatic heterocycles. The third-order valence-corrected chi connectivity index (χ3v) is 5.69. The summed E-state index contributed by atoms with van der Waals surface area (Å²) < 4.78 is 13.9. The van der Waals surface area contributed by atoms with E-state index in [-0.39, 0.29) is 5.97 Å². The number of hydrogen-bond acceptors (Lipinski definition) is 4. The number of anilines is 1.